The van der Waals surface area contributed by atoms with E-state index in [1.807, 2.05) is 19.1 Å². The molecule has 0 atom stereocenters. The number of aryl methyl sites for hydroxylation is 1. The average Bonchev–Trinajstić information content (AvgIpc) is 2.16. The van der Waals surface area contributed by atoms with E-state index in [4.69, 9.17) is 0 Å². The maximum Gasteiger partial charge on any atom is 0.204 e. The van der Waals surface area contributed by atoms with Crippen LogP contribution in [0.4, 0.5) is 0 Å². The summed E-state index contributed by atoms with van der Waals surface area (Å²) in [5, 5.41) is 0.694. The molecule has 2 aromatic rings. The quantitative estimate of drug-likeness (QED) is 0.794. The van der Waals surface area contributed by atoms with Crippen LogP contribution >= 0.6 is 31.9 Å². The van der Waals surface area contributed by atoms with Gasteiger partial charge in [-0.05, 0) is 50.4 Å². The van der Waals surface area contributed by atoms with E-state index in [2.05, 4.69) is 36.8 Å². The Hall–Kier alpha value is -0.610. The minimum absolute atomic E-state index is 0.00863. The molecule has 4 heteroatoms. The van der Waals surface area contributed by atoms with E-state index in [-0.39, 0.29) is 5.43 Å². The second-order valence-corrected chi connectivity index (χ2v) is 4.79. The Labute approximate surface area is 97.6 Å². The van der Waals surface area contributed by atoms with Gasteiger partial charge in [-0.3, -0.25) is 4.79 Å². The highest BCUT2D eigenvalue weighted by atomic mass is 79.9. The zero-order valence-electron chi connectivity index (χ0n) is 7.40. The highest BCUT2D eigenvalue weighted by molar-refractivity contribution is 9.11. The molecule has 0 saturated carbocycles. The van der Waals surface area contributed by atoms with Crippen molar-refractivity contribution >= 4 is 42.8 Å². The van der Waals surface area contributed by atoms with Crippen LogP contribution in [0, 0.1) is 6.92 Å². The van der Waals surface area contributed by atoms with E-state index in [0.29, 0.717) is 9.86 Å². The van der Waals surface area contributed by atoms with Crippen LogP contribution in [0.3, 0.4) is 0 Å². The predicted octanol–water partition coefficient (Wildman–Crippen LogP) is 3.36. The number of aromatic amines is 1. The smallest absolute Gasteiger partial charge is 0.204 e. The zero-order valence-corrected chi connectivity index (χ0v) is 10.6. The van der Waals surface area contributed by atoms with Crippen molar-refractivity contribution in [2.24, 2.45) is 0 Å². The lowest BCUT2D eigenvalue weighted by atomic mass is 10.1. The highest BCUT2D eigenvalue weighted by Gasteiger charge is 2.07. The molecule has 0 radical (unpaired) electrons. The molecule has 0 spiro atoms. The zero-order chi connectivity index (χ0) is 10.3. The van der Waals surface area contributed by atoms with E-state index in [0.717, 1.165) is 15.6 Å². The predicted molar refractivity (Wildman–Crippen MR) is 64.7 cm³/mol. The number of aromatic nitrogens is 1. The Morgan fingerprint density at radius 1 is 1.21 bits per heavy atom. The third-order valence-corrected chi connectivity index (χ3v) is 3.40. The molecule has 0 aliphatic carbocycles. The van der Waals surface area contributed by atoms with Crippen LogP contribution in [0.25, 0.3) is 10.9 Å². The fourth-order valence-electron chi connectivity index (χ4n) is 1.41. The summed E-state index contributed by atoms with van der Waals surface area (Å²) in [5.41, 5.74) is 1.95. The lowest BCUT2D eigenvalue weighted by Gasteiger charge is -2.03. The fourth-order valence-corrected chi connectivity index (χ4v) is 2.23. The first kappa shape index (κ1) is 9.93. The molecule has 0 aliphatic heterocycles. The summed E-state index contributed by atoms with van der Waals surface area (Å²) in [6.07, 6.45) is 1.67. The molecule has 2 rings (SSSR count). The molecule has 2 nitrogen and oxygen atoms in total. The minimum Gasteiger partial charge on any atom is -0.360 e. The topological polar surface area (TPSA) is 32.9 Å². The lowest BCUT2D eigenvalue weighted by Crippen LogP contribution is -2.04. The van der Waals surface area contributed by atoms with Crippen molar-refractivity contribution in [1.82, 2.24) is 4.98 Å². The number of hydrogen-bond acceptors (Lipinski definition) is 1. The van der Waals surface area contributed by atoms with Gasteiger partial charge in [0, 0.05) is 10.7 Å². The van der Waals surface area contributed by atoms with Gasteiger partial charge < -0.3 is 4.98 Å². The molecule has 14 heavy (non-hydrogen) atoms. The fraction of sp³-hybridized carbons (Fsp3) is 0.100. The Kier molecular flexibility index (Phi) is 2.49. The van der Waals surface area contributed by atoms with E-state index in [9.17, 15) is 4.79 Å². The van der Waals surface area contributed by atoms with Crippen LogP contribution in [0.15, 0.2) is 32.1 Å². The minimum atomic E-state index is 0.00863. The van der Waals surface area contributed by atoms with Gasteiger partial charge in [0.15, 0.2) is 0 Å². The van der Waals surface area contributed by atoms with Crippen LogP contribution in [-0.4, -0.2) is 4.98 Å². The van der Waals surface area contributed by atoms with Crippen molar-refractivity contribution in [3.05, 3.63) is 43.1 Å². The SMILES string of the molecule is Cc1ccc(Br)c2c(=O)c(Br)c[nH]c12. The average molecular weight is 317 g/mol. The van der Waals surface area contributed by atoms with Crippen molar-refractivity contribution in [3.8, 4) is 0 Å². The molecule has 0 aliphatic rings. The van der Waals surface area contributed by atoms with E-state index < -0.39 is 0 Å². The second kappa shape index (κ2) is 3.51. The molecule has 1 heterocycles. The number of hydrogen-bond donors (Lipinski definition) is 1. The van der Waals surface area contributed by atoms with Crippen molar-refractivity contribution in [2.45, 2.75) is 6.92 Å². The third-order valence-electron chi connectivity index (χ3n) is 2.15. The first-order chi connectivity index (χ1) is 6.61. The normalized spacial score (nSPS) is 10.8. The third kappa shape index (κ3) is 1.42. The number of pyridine rings is 1. The summed E-state index contributed by atoms with van der Waals surface area (Å²) >= 11 is 6.59. The van der Waals surface area contributed by atoms with Gasteiger partial charge in [0.1, 0.15) is 0 Å². The summed E-state index contributed by atoms with van der Waals surface area (Å²) in [5.74, 6) is 0. The molecular formula is C10H7Br2NO. The molecular weight excluding hydrogens is 310 g/mol. The Balaban J connectivity index is 3.09. The number of nitrogens with one attached hydrogen (secondary N) is 1. The summed E-state index contributed by atoms with van der Waals surface area (Å²) in [6.45, 7) is 1.97. The summed E-state index contributed by atoms with van der Waals surface area (Å²) < 4.78 is 1.37. The molecule has 0 unspecified atom stereocenters. The van der Waals surface area contributed by atoms with Crippen LogP contribution in [-0.2, 0) is 0 Å². The second-order valence-electron chi connectivity index (χ2n) is 3.08. The van der Waals surface area contributed by atoms with Gasteiger partial charge in [-0.15, -0.1) is 0 Å². The van der Waals surface area contributed by atoms with Crippen molar-refractivity contribution < 1.29 is 0 Å². The molecule has 0 bridgehead atoms. The van der Waals surface area contributed by atoms with Gasteiger partial charge in [0.25, 0.3) is 0 Å². The number of H-pyrrole nitrogens is 1. The van der Waals surface area contributed by atoms with E-state index >= 15 is 0 Å². The van der Waals surface area contributed by atoms with Crippen LogP contribution in [0.2, 0.25) is 0 Å². The van der Waals surface area contributed by atoms with E-state index in [1.54, 1.807) is 6.20 Å². The maximum atomic E-state index is 11.8. The van der Waals surface area contributed by atoms with Gasteiger partial charge in [-0.1, -0.05) is 6.07 Å². The molecule has 0 saturated heterocycles. The molecule has 0 fully saturated rings. The Bertz CT molecular complexity index is 560. The summed E-state index contributed by atoms with van der Waals surface area (Å²) in [7, 11) is 0. The number of fused-ring (bicyclic) bond motifs is 1. The van der Waals surface area contributed by atoms with E-state index in [1.165, 1.54) is 0 Å². The first-order valence-electron chi connectivity index (χ1n) is 4.07. The number of rotatable bonds is 0. The maximum absolute atomic E-state index is 11.8. The number of benzene rings is 1. The van der Waals surface area contributed by atoms with Crippen molar-refractivity contribution in [3.63, 3.8) is 0 Å². The van der Waals surface area contributed by atoms with Gasteiger partial charge >= 0.3 is 0 Å². The van der Waals surface area contributed by atoms with Crippen LogP contribution < -0.4 is 5.43 Å². The lowest BCUT2D eigenvalue weighted by molar-refractivity contribution is 1.32. The largest absolute Gasteiger partial charge is 0.360 e. The molecule has 1 N–H and O–H groups in total. The van der Waals surface area contributed by atoms with Crippen LogP contribution in [0.1, 0.15) is 5.56 Å². The van der Waals surface area contributed by atoms with Gasteiger partial charge in [0.05, 0.1) is 15.4 Å². The summed E-state index contributed by atoms with van der Waals surface area (Å²) in [4.78, 5) is 14.9. The molecule has 1 aromatic carbocycles. The van der Waals surface area contributed by atoms with Crippen molar-refractivity contribution in [2.75, 3.05) is 0 Å². The molecule has 1 aromatic heterocycles. The first-order valence-corrected chi connectivity index (χ1v) is 5.66. The van der Waals surface area contributed by atoms with Crippen molar-refractivity contribution in [1.29, 1.82) is 0 Å². The Morgan fingerprint density at radius 3 is 2.64 bits per heavy atom. The van der Waals surface area contributed by atoms with Gasteiger partial charge in [-0.2, -0.15) is 0 Å². The Morgan fingerprint density at radius 2 is 1.93 bits per heavy atom. The van der Waals surface area contributed by atoms with Gasteiger partial charge in [0.2, 0.25) is 5.43 Å². The molecule has 72 valence electrons. The summed E-state index contributed by atoms with van der Waals surface area (Å²) in [6, 6.07) is 3.86. The molecule has 0 amide bonds. The van der Waals surface area contributed by atoms with Gasteiger partial charge in [-0.25, -0.2) is 0 Å². The number of halogens is 2. The highest BCUT2D eigenvalue weighted by Crippen LogP contribution is 2.23. The monoisotopic (exact) mass is 315 g/mol. The van der Waals surface area contributed by atoms with Crippen LogP contribution in [0.5, 0.6) is 0 Å². The standard InChI is InChI=1S/C10H7Br2NO/c1-5-2-3-6(11)8-9(5)13-4-7(12)10(8)14/h2-4H,1H3,(H,13,14).